The molecule has 0 aromatic heterocycles. The maximum Gasteiger partial charge on any atom is 0.306 e. The molecule has 0 aliphatic carbocycles. The molecule has 4 nitrogen and oxygen atoms in total. The number of aromatic hydroxyl groups is 1. The number of phenolic OH excluding ortho intramolecular Hbond substituents is 1. The van der Waals surface area contributed by atoms with Gasteiger partial charge in [0.2, 0.25) is 0 Å². The van der Waals surface area contributed by atoms with Crippen molar-refractivity contribution in [1.29, 1.82) is 0 Å². The monoisotopic (exact) mass is 406 g/mol. The summed E-state index contributed by atoms with van der Waals surface area (Å²) < 4.78 is 11.3. The fourth-order valence-corrected chi connectivity index (χ4v) is 2.20. The first kappa shape index (κ1) is 18.2. The second kappa shape index (κ2) is 8.58. The van der Waals surface area contributed by atoms with E-state index in [1.54, 1.807) is 6.07 Å². The van der Waals surface area contributed by atoms with Gasteiger partial charge in [-0.3, -0.25) is 4.79 Å². The molecule has 1 N–H and O–H groups in total. The smallest absolute Gasteiger partial charge is 0.306 e. The number of carbonyl (C=O) groups is 1. The standard InChI is InChI=1S/C16H23IO4/c1-16(2,3)11-20-8-9-21-15(19)7-5-12-4-6-14(18)13(17)10-12/h4,6,10,18H,5,7-9,11H2,1-3H3. The van der Waals surface area contributed by atoms with Crippen molar-refractivity contribution in [1.82, 2.24) is 0 Å². The number of phenols is 1. The summed E-state index contributed by atoms with van der Waals surface area (Å²) in [6.45, 7) is 7.66. The van der Waals surface area contributed by atoms with Crippen molar-refractivity contribution in [2.24, 2.45) is 5.41 Å². The maximum atomic E-state index is 11.6. The number of benzene rings is 1. The number of ether oxygens (including phenoxy) is 2. The minimum absolute atomic E-state index is 0.125. The van der Waals surface area contributed by atoms with Crippen LogP contribution >= 0.6 is 22.6 Å². The Balaban J connectivity index is 2.18. The molecule has 0 heterocycles. The molecule has 1 aromatic rings. The third kappa shape index (κ3) is 8.26. The molecule has 5 heteroatoms. The Bertz CT molecular complexity index is 466. The number of rotatable bonds is 7. The Labute approximate surface area is 140 Å². The Morgan fingerprint density at radius 3 is 2.62 bits per heavy atom. The van der Waals surface area contributed by atoms with Crippen LogP contribution in [0.2, 0.25) is 0 Å². The molecule has 0 amide bonds. The van der Waals surface area contributed by atoms with E-state index < -0.39 is 0 Å². The summed E-state index contributed by atoms with van der Waals surface area (Å²) in [7, 11) is 0. The molecule has 0 saturated heterocycles. The lowest BCUT2D eigenvalue weighted by Gasteiger charge is -2.17. The predicted octanol–water partition coefficient (Wildman–Crippen LogP) is 3.54. The zero-order chi connectivity index (χ0) is 15.9. The molecule has 118 valence electrons. The number of carbonyl (C=O) groups excluding carboxylic acids is 1. The predicted molar refractivity (Wildman–Crippen MR) is 90.4 cm³/mol. The van der Waals surface area contributed by atoms with Crippen LogP contribution in [0.4, 0.5) is 0 Å². The zero-order valence-corrected chi connectivity index (χ0v) is 15.0. The maximum absolute atomic E-state index is 11.6. The Morgan fingerprint density at radius 2 is 2.00 bits per heavy atom. The number of aryl methyl sites for hydroxylation is 1. The topological polar surface area (TPSA) is 55.8 Å². The van der Waals surface area contributed by atoms with E-state index >= 15 is 0 Å². The van der Waals surface area contributed by atoms with Crippen LogP contribution < -0.4 is 0 Å². The van der Waals surface area contributed by atoms with Crippen LogP contribution in [0.3, 0.4) is 0 Å². The third-order valence-electron chi connectivity index (χ3n) is 2.66. The van der Waals surface area contributed by atoms with Crippen molar-refractivity contribution in [3.05, 3.63) is 27.3 Å². The van der Waals surface area contributed by atoms with Crippen molar-refractivity contribution < 1.29 is 19.4 Å². The average Bonchev–Trinajstić information content (AvgIpc) is 2.38. The molecule has 0 aliphatic heterocycles. The van der Waals surface area contributed by atoms with Crippen LogP contribution in [-0.2, 0) is 20.7 Å². The molecule has 21 heavy (non-hydrogen) atoms. The lowest BCUT2D eigenvalue weighted by molar-refractivity contribution is -0.145. The first-order chi connectivity index (χ1) is 9.78. The van der Waals surface area contributed by atoms with E-state index in [-0.39, 0.29) is 17.1 Å². The first-order valence-electron chi connectivity index (χ1n) is 6.99. The Hall–Kier alpha value is -0.820. The van der Waals surface area contributed by atoms with Crippen molar-refractivity contribution in [3.63, 3.8) is 0 Å². The van der Waals surface area contributed by atoms with Gasteiger partial charge in [-0.05, 0) is 52.1 Å². The summed E-state index contributed by atoms with van der Waals surface area (Å²) in [5.41, 5.74) is 1.14. The van der Waals surface area contributed by atoms with Crippen molar-refractivity contribution in [2.45, 2.75) is 33.6 Å². The van der Waals surface area contributed by atoms with E-state index in [9.17, 15) is 9.90 Å². The summed E-state index contributed by atoms with van der Waals surface area (Å²) in [6.07, 6.45) is 0.943. The molecular formula is C16H23IO4. The van der Waals surface area contributed by atoms with Crippen LogP contribution in [0.25, 0.3) is 0 Å². The lowest BCUT2D eigenvalue weighted by Crippen LogP contribution is -2.18. The molecule has 0 radical (unpaired) electrons. The van der Waals surface area contributed by atoms with Crippen LogP contribution in [0.5, 0.6) is 5.75 Å². The number of hydrogen-bond acceptors (Lipinski definition) is 4. The minimum atomic E-state index is -0.225. The molecule has 0 bridgehead atoms. The molecular weight excluding hydrogens is 383 g/mol. The second-order valence-corrected chi connectivity index (χ2v) is 7.28. The van der Waals surface area contributed by atoms with E-state index in [0.29, 0.717) is 32.7 Å². The Kier molecular flexibility index (Phi) is 7.45. The molecule has 1 aromatic carbocycles. The van der Waals surface area contributed by atoms with E-state index in [4.69, 9.17) is 9.47 Å². The summed E-state index contributed by atoms with van der Waals surface area (Å²) in [6, 6.07) is 5.33. The number of hydrogen-bond donors (Lipinski definition) is 1. The SMILES string of the molecule is CC(C)(C)COCCOC(=O)CCc1ccc(O)c(I)c1. The van der Waals surface area contributed by atoms with Crippen LogP contribution in [0, 0.1) is 8.99 Å². The van der Waals surface area contributed by atoms with E-state index in [2.05, 4.69) is 43.4 Å². The molecule has 0 fully saturated rings. The van der Waals surface area contributed by atoms with Gasteiger partial charge in [-0.1, -0.05) is 26.8 Å². The quantitative estimate of drug-likeness (QED) is 0.428. The van der Waals surface area contributed by atoms with Crippen molar-refractivity contribution in [3.8, 4) is 5.75 Å². The third-order valence-corrected chi connectivity index (χ3v) is 3.52. The summed E-state index contributed by atoms with van der Waals surface area (Å²) in [4.78, 5) is 11.6. The largest absolute Gasteiger partial charge is 0.507 e. The van der Waals surface area contributed by atoms with Gasteiger partial charge in [0, 0.05) is 6.42 Å². The fourth-order valence-electron chi connectivity index (χ4n) is 1.62. The second-order valence-electron chi connectivity index (χ2n) is 6.12. The summed E-state index contributed by atoms with van der Waals surface area (Å²) in [5, 5.41) is 9.43. The van der Waals surface area contributed by atoms with Crippen molar-refractivity contribution in [2.75, 3.05) is 19.8 Å². The van der Waals surface area contributed by atoms with Gasteiger partial charge in [0.15, 0.2) is 0 Å². The molecule has 1 rings (SSSR count). The summed E-state index contributed by atoms with van der Waals surface area (Å²) >= 11 is 2.06. The molecule has 0 aliphatic rings. The van der Waals surface area contributed by atoms with E-state index in [1.165, 1.54) is 0 Å². The van der Waals surface area contributed by atoms with Gasteiger partial charge in [-0.2, -0.15) is 0 Å². The average molecular weight is 406 g/mol. The van der Waals surface area contributed by atoms with Gasteiger partial charge >= 0.3 is 5.97 Å². The fraction of sp³-hybridized carbons (Fsp3) is 0.562. The highest BCUT2D eigenvalue weighted by atomic mass is 127. The molecule has 0 unspecified atom stereocenters. The molecule has 0 atom stereocenters. The highest BCUT2D eigenvalue weighted by molar-refractivity contribution is 14.1. The highest BCUT2D eigenvalue weighted by Crippen LogP contribution is 2.21. The van der Waals surface area contributed by atoms with Gasteiger partial charge in [-0.15, -0.1) is 0 Å². The van der Waals surface area contributed by atoms with Gasteiger partial charge in [-0.25, -0.2) is 0 Å². The Morgan fingerprint density at radius 1 is 1.29 bits per heavy atom. The van der Waals surface area contributed by atoms with E-state index in [1.807, 2.05) is 12.1 Å². The number of halogens is 1. The van der Waals surface area contributed by atoms with Crippen LogP contribution in [0.15, 0.2) is 18.2 Å². The lowest BCUT2D eigenvalue weighted by atomic mass is 9.99. The van der Waals surface area contributed by atoms with Gasteiger partial charge < -0.3 is 14.6 Å². The zero-order valence-electron chi connectivity index (χ0n) is 12.8. The van der Waals surface area contributed by atoms with Crippen molar-refractivity contribution >= 4 is 28.6 Å². The number of esters is 1. The summed E-state index contributed by atoms with van der Waals surface area (Å²) in [5.74, 6) is 0.0374. The molecule has 0 spiro atoms. The molecule has 0 saturated carbocycles. The first-order valence-corrected chi connectivity index (χ1v) is 8.06. The van der Waals surface area contributed by atoms with Gasteiger partial charge in [0.25, 0.3) is 0 Å². The van der Waals surface area contributed by atoms with Crippen LogP contribution in [-0.4, -0.2) is 30.9 Å². The highest BCUT2D eigenvalue weighted by Gasteiger charge is 2.10. The van der Waals surface area contributed by atoms with Gasteiger partial charge in [0.1, 0.15) is 12.4 Å². The van der Waals surface area contributed by atoms with Crippen LogP contribution in [0.1, 0.15) is 32.8 Å². The minimum Gasteiger partial charge on any atom is -0.507 e. The van der Waals surface area contributed by atoms with E-state index in [0.717, 1.165) is 9.13 Å². The van der Waals surface area contributed by atoms with Gasteiger partial charge in [0.05, 0.1) is 16.8 Å². The normalized spacial score (nSPS) is 11.4.